The maximum Gasteiger partial charge on any atom is 0.305 e. The van der Waals surface area contributed by atoms with Gasteiger partial charge in [0.05, 0.1) is 0 Å². The van der Waals surface area contributed by atoms with Crippen molar-refractivity contribution >= 4 is 23.4 Å². The van der Waals surface area contributed by atoms with E-state index in [9.17, 15) is 4.79 Å². The molecule has 4 nitrogen and oxygen atoms in total. The minimum atomic E-state index is 0.395. The number of hydrogen-bond acceptors (Lipinski definition) is 3. The minimum Gasteiger partial charge on any atom is -0.358 e. The number of aryl methyl sites for hydroxylation is 2. The molecule has 17 heavy (non-hydrogen) atoms. The molecule has 2 aromatic heterocycles. The predicted octanol–water partition coefficient (Wildman–Crippen LogP) is 3.22. The van der Waals surface area contributed by atoms with Crippen LogP contribution in [0.2, 0.25) is 0 Å². The van der Waals surface area contributed by atoms with E-state index in [2.05, 4.69) is 9.83 Å². The normalized spacial score (nSPS) is 10.2. The molecule has 0 saturated carbocycles. The van der Waals surface area contributed by atoms with Crippen LogP contribution < -0.4 is 0 Å². The number of carbonyl (C=O) groups excluding carboxylic acids is 1. The number of carbonyl (C=O) groups is 1. The molecule has 2 heterocycles. The summed E-state index contributed by atoms with van der Waals surface area (Å²) in [6, 6.07) is 1.82. The first-order valence-electron chi connectivity index (χ1n) is 5.08. The topological polar surface area (TPSA) is 39.2 Å². The van der Waals surface area contributed by atoms with Crippen LogP contribution in [0.15, 0.2) is 6.07 Å². The van der Waals surface area contributed by atoms with Crippen LogP contribution >= 0.6 is 11.3 Å². The van der Waals surface area contributed by atoms with Gasteiger partial charge in [-0.25, -0.2) is 0 Å². The first kappa shape index (κ1) is 11.6. The first-order chi connectivity index (χ1) is 8.08. The van der Waals surface area contributed by atoms with Crippen LogP contribution in [0.3, 0.4) is 0 Å². The van der Waals surface area contributed by atoms with Gasteiger partial charge in [0.2, 0.25) is 0 Å². The molecule has 0 spiro atoms. The molecule has 0 saturated heterocycles. The van der Waals surface area contributed by atoms with Gasteiger partial charge in [-0.2, -0.15) is 0 Å². The fraction of sp³-hybridized carbons (Fsp3) is 0.250. The third kappa shape index (κ3) is 1.77. The van der Waals surface area contributed by atoms with Gasteiger partial charge in [-0.15, -0.1) is 4.98 Å². The SMILES string of the molecule is [C-]#[N+]c1nc(C)sc1-n1c(C)cc(C=O)c1C. The molecule has 0 aromatic carbocycles. The highest BCUT2D eigenvalue weighted by Crippen LogP contribution is 2.32. The molecule has 0 atom stereocenters. The Hall–Kier alpha value is -1.93. The van der Waals surface area contributed by atoms with Crippen LogP contribution in [0.1, 0.15) is 26.8 Å². The zero-order valence-corrected chi connectivity index (χ0v) is 10.6. The standard InChI is InChI=1S/C12H11N3OS/c1-7-5-10(6-16)8(2)15(7)12-11(13-4)14-9(3)17-12/h5-6H,1-3H3. The van der Waals surface area contributed by atoms with Crippen LogP contribution in [-0.4, -0.2) is 15.8 Å². The molecule has 0 bridgehead atoms. The van der Waals surface area contributed by atoms with Gasteiger partial charge in [0, 0.05) is 23.9 Å². The van der Waals surface area contributed by atoms with Gasteiger partial charge in [0.15, 0.2) is 11.3 Å². The van der Waals surface area contributed by atoms with E-state index in [1.54, 1.807) is 0 Å². The maximum atomic E-state index is 10.9. The number of thiazole rings is 1. The van der Waals surface area contributed by atoms with E-state index in [0.29, 0.717) is 11.4 Å². The third-order valence-electron chi connectivity index (χ3n) is 2.61. The summed E-state index contributed by atoms with van der Waals surface area (Å²) in [5, 5.41) is 1.65. The number of hydrogen-bond donors (Lipinski definition) is 0. The molecule has 0 aliphatic heterocycles. The van der Waals surface area contributed by atoms with Crippen LogP contribution in [0.25, 0.3) is 9.85 Å². The average molecular weight is 245 g/mol. The highest BCUT2D eigenvalue weighted by molar-refractivity contribution is 7.14. The van der Waals surface area contributed by atoms with E-state index in [4.69, 9.17) is 6.57 Å². The van der Waals surface area contributed by atoms with Gasteiger partial charge in [-0.3, -0.25) is 4.79 Å². The molecule has 0 amide bonds. The molecule has 86 valence electrons. The zero-order chi connectivity index (χ0) is 12.6. The van der Waals surface area contributed by atoms with Crippen molar-refractivity contribution in [1.29, 1.82) is 0 Å². The second kappa shape index (κ2) is 4.15. The van der Waals surface area contributed by atoms with Gasteiger partial charge in [0.1, 0.15) is 5.00 Å². The summed E-state index contributed by atoms with van der Waals surface area (Å²) in [6.07, 6.45) is 0.838. The Balaban J connectivity index is 2.72. The Labute approximate surface area is 103 Å². The van der Waals surface area contributed by atoms with Crippen molar-refractivity contribution in [1.82, 2.24) is 9.55 Å². The number of aromatic nitrogens is 2. The molecule has 0 aliphatic carbocycles. The van der Waals surface area contributed by atoms with Crippen molar-refractivity contribution in [2.75, 3.05) is 0 Å². The molecule has 0 N–H and O–H groups in total. The Kier molecular flexibility index (Phi) is 2.82. The summed E-state index contributed by atoms with van der Waals surface area (Å²) in [5.74, 6) is 0.395. The summed E-state index contributed by atoms with van der Waals surface area (Å²) in [6.45, 7) is 12.8. The average Bonchev–Trinajstić information content (AvgIpc) is 2.79. The van der Waals surface area contributed by atoms with Crippen molar-refractivity contribution in [3.63, 3.8) is 0 Å². The molecule has 5 heteroatoms. The lowest BCUT2D eigenvalue weighted by Crippen LogP contribution is -1.97. The van der Waals surface area contributed by atoms with Crippen LogP contribution in [0, 0.1) is 27.3 Å². The van der Waals surface area contributed by atoms with E-state index < -0.39 is 0 Å². The fourth-order valence-electron chi connectivity index (χ4n) is 1.84. The van der Waals surface area contributed by atoms with Crippen LogP contribution in [0.5, 0.6) is 0 Å². The maximum absolute atomic E-state index is 10.9. The van der Waals surface area contributed by atoms with Crippen molar-refractivity contribution in [3.05, 3.63) is 39.4 Å². The van der Waals surface area contributed by atoms with Crippen LogP contribution in [-0.2, 0) is 0 Å². The second-order valence-corrected chi connectivity index (χ2v) is 4.93. The number of nitrogens with zero attached hydrogens (tertiary/aromatic N) is 3. The minimum absolute atomic E-state index is 0.395. The highest BCUT2D eigenvalue weighted by atomic mass is 32.1. The van der Waals surface area contributed by atoms with Crippen molar-refractivity contribution in [3.8, 4) is 5.00 Å². The van der Waals surface area contributed by atoms with E-state index in [-0.39, 0.29) is 0 Å². The van der Waals surface area contributed by atoms with E-state index in [0.717, 1.165) is 27.7 Å². The molecule has 0 aliphatic rings. The van der Waals surface area contributed by atoms with Gasteiger partial charge in [0.25, 0.3) is 0 Å². The van der Waals surface area contributed by atoms with Gasteiger partial charge in [-0.05, 0) is 19.9 Å². The molecule has 2 aromatic rings. The molecular weight excluding hydrogens is 234 g/mol. The first-order valence-corrected chi connectivity index (χ1v) is 5.89. The Morgan fingerprint density at radius 1 is 1.47 bits per heavy atom. The lowest BCUT2D eigenvalue weighted by atomic mass is 10.3. The molecule has 0 radical (unpaired) electrons. The van der Waals surface area contributed by atoms with Crippen molar-refractivity contribution in [2.24, 2.45) is 0 Å². The lowest BCUT2D eigenvalue weighted by molar-refractivity contribution is 0.112. The number of aldehydes is 1. The Bertz CT molecular complexity index is 631. The largest absolute Gasteiger partial charge is 0.358 e. The lowest BCUT2D eigenvalue weighted by Gasteiger charge is -2.06. The van der Waals surface area contributed by atoms with E-state index in [1.807, 2.05) is 31.4 Å². The Morgan fingerprint density at radius 2 is 2.18 bits per heavy atom. The van der Waals surface area contributed by atoms with Gasteiger partial charge >= 0.3 is 5.82 Å². The third-order valence-corrected chi connectivity index (χ3v) is 3.55. The van der Waals surface area contributed by atoms with Crippen molar-refractivity contribution < 1.29 is 4.79 Å². The summed E-state index contributed by atoms with van der Waals surface area (Å²) in [7, 11) is 0. The monoisotopic (exact) mass is 245 g/mol. The highest BCUT2D eigenvalue weighted by Gasteiger charge is 2.17. The number of rotatable bonds is 2. The van der Waals surface area contributed by atoms with Gasteiger partial charge in [-0.1, -0.05) is 17.9 Å². The molecule has 0 unspecified atom stereocenters. The smallest absolute Gasteiger partial charge is 0.305 e. The summed E-state index contributed by atoms with van der Waals surface area (Å²) < 4.78 is 1.92. The second-order valence-electron chi connectivity index (χ2n) is 3.75. The van der Waals surface area contributed by atoms with E-state index in [1.165, 1.54) is 11.3 Å². The van der Waals surface area contributed by atoms with Gasteiger partial charge < -0.3 is 9.41 Å². The summed E-state index contributed by atoms with van der Waals surface area (Å²) in [4.78, 5) is 18.5. The summed E-state index contributed by atoms with van der Waals surface area (Å²) >= 11 is 1.47. The fourth-order valence-corrected chi connectivity index (χ4v) is 2.81. The van der Waals surface area contributed by atoms with Crippen LogP contribution in [0.4, 0.5) is 5.82 Å². The van der Waals surface area contributed by atoms with Crippen molar-refractivity contribution in [2.45, 2.75) is 20.8 Å². The van der Waals surface area contributed by atoms with E-state index >= 15 is 0 Å². The molecule has 0 fully saturated rings. The summed E-state index contributed by atoms with van der Waals surface area (Å²) in [5.41, 5.74) is 2.45. The zero-order valence-electron chi connectivity index (χ0n) is 9.81. The predicted molar refractivity (Wildman–Crippen MR) is 67.3 cm³/mol. The molecule has 2 rings (SSSR count). The Morgan fingerprint density at radius 3 is 2.71 bits per heavy atom. The quantitative estimate of drug-likeness (QED) is 0.602. The molecular formula is C12H11N3OS.